The minimum Gasteiger partial charge on any atom is -0.422 e. The van der Waals surface area contributed by atoms with E-state index in [9.17, 15) is 23.2 Å². The van der Waals surface area contributed by atoms with Gasteiger partial charge in [0.2, 0.25) is 12.1 Å². The average molecular weight is 521 g/mol. The first-order chi connectivity index (χ1) is 17.2. The number of alkyl halides is 1. The first-order valence-electron chi connectivity index (χ1n) is 11.0. The summed E-state index contributed by atoms with van der Waals surface area (Å²) in [5.74, 6) is -1.46. The Kier molecular flexibility index (Phi) is 7.51. The van der Waals surface area contributed by atoms with Crippen molar-refractivity contribution in [3.05, 3.63) is 64.7 Å². The molecule has 0 spiro atoms. The van der Waals surface area contributed by atoms with Crippen LogP contribution < -0.4 is 5.32 Å². The second kappa shape index (κ2) is 10.6. The number of carbonyl (C=O) groups excluding carboxylic acids is 3. The van der Waals surface area contributed by atoms with E-state index in [2.05, 4.69) is 10.3 Å². The summed E-state index contributed by atoms with van der Waals surface area (Å²) in [7, 11) is 1.24. The molecule has 0 saturated carbocycles. The van der Waals surface area contributed by atoms with Crippen molar-refractivity contribution in [1.82, 2.24) is 19.8 Å². The van der Waals surface area contributed by atoms with Crippen LogP contribution in [-0.2, 0) is 27.4 Å². The third-order valence-corrected chi connectivity index (χ3v) is 6.20. The molecule has 0 aliphatic carbocycles. The molecular weight excluding hydrogens is 498 g/mol. The number of benzene rings is 1. The summed E-state index contributed by atoms with van der Waals surface area (Å²) in [6.07, 6.45) is -2.18. The van der Waals surface area contributed by atoms with Crippen LogP contribution in [0.1, 0.15) is 22.8 Å². The van der Waals surface area contributed by atoms with Crippen molar-refractivity contribution in [2.75, 3.05) is 13.7 Å². The van der Waals surface area contributed by atoms with Crippen LogP contribution >= 0.6 is 11.6 Å². The molecule has 1 saturated heterocycles. The molecule has 190 valence electrons. The minimum atomic E-state index is -1.62. The lowest BCUT2D eigenvalue weighted by molar-refractivity contribution is -0.143. The summed E-state index contributed by atoms with van der Waals surface area (Å²) < 4.78 is 40.8. The Balaban J connectivity index is 1.50. The van der Waals surface area contributed by atoms with Crippen LogP contribution in [0.5, 0.6) is 0 Å². The van der Waals surface area contributed by atoms with E-state index < -0.39 is 36.3 Å². The Labute approximate surface area is 209 Å². The lowest BCUT2D eigenvalue weighted by atomic mass is 10.2. The van der Waals surface area contributed by atoms with Gasteiger partial charge in [-0.05, 0) is 25.1 Å². The highest BCUT2D eigenvalue weighted by Gasteiger charge is 2.47. The molecule has 36 heavy (non-hydrogen) atoms. The highest BCUT2D eigenvalue weighted by atomic mass is 35.5. The maximum absolute atomic E-state index is 14.7. The van der Waals surface area contributed by atoms with E-state index in [1.54, 1.807) is 12.1 Å². The first-order valence-corrected chi connectivity index (χ1v) is 11.4. The average Bonchev–Trinajstić information content (AvgIpc) is 3.37. The number of likely N-dealkylation sites (tertiary alicyclic amines) is 1. The third-order valence-electron chi connectivity index (χ3n) is 5.91. The number of hydrogen-bond donors (Lipinski definition) is 1. The van der Waals surface area contributed by atoms with Crippen LogP contribution in [0.3, 0.4) is 0 Å². The van der Waals surface area contributed by atoms with Gasteiger partial charge < -0.3 is 24.3 Å². The molecule has 3 aromatic rings. The van der Waals surface area contributed by atoms with Gasteiger partial charge in [0.05, 0.1) is 11.6 Å². The molecule has 3 atom stereocenters. The van der Waals surface area contributed by atoms with Crippen molar-refractivity contribution in [3.63, 3.8) is 0 Å². The molecule has 1 aliphatic rings. The van der Waals surface area contributed by atoms with Crippen molar-refractivity contribution in [2.45, 2.75) is 38.5 Å². The molecule has 1 aromatic carbocycles. The van der Waals surface area contributed by atoms with E-state index in [0.29, 0.717) is 16.6 Å². The second-order valence-corrected chi connectivity index (χ2v) is 8.63. The summed E-state index contributed by atoms with van der Waals surface area (Å²) in [6.45, 7) is 0.518. The number of ketones is 1. The standard InChI is InChI=1S/C24H23ClF2N4O5/c1-13(32)16-10-30(22-15(16)6-4-8-28-22)12-19(33)31-11-18(26)21(35-2)23(31)36-24(34)29-9-14-5-3-7-17(25)20(14)27/h3-8,10,18,21,23H,9,11-12H2,1-2H3,(H,29,34)/t18-,21+,23-/m0/s1. The molecule has 9 nitrogen and oxygen atoms in total. The number of hydrogen-bond acceptors (Lipinski definition) is 6. The van der Waals surface area contributed by atoms with Crippen LogP contribution in [0.25, 0.3) is 11.0 Å². The Bertz CT molecular complexity index is 1320. The van der Waals surface area contributed by atoms with Crippen molar-refractivity contribution >= 4 is 40.4 Å². The maximum Gasteiger partial charge on any atom is 0.409 e. The lowest BCUT2D eigenvalue weighted by Gasteiger charge is -2.27. The maximum atomic E-state index is 14.7. The van der Waals surface area contributed by atoms with Gasteiger partial charge in [0, 0.05) is 42.6 Å². The van der Waals surface area contributed by atoms with Crippen LogP contribution in [-0.4, -0.2) is 64.4 Å². The van der Waals surface area contributed by atoms with Crippen molar-refractivity contribution < 1.29 is 32.6 Å². The molecule has 2 amide bonds. The van der Waals surface area contributed by atoms with Gasteiger partial charge in [0.25, 0.3) is 0 Å². The monoisotopic (exact) mass is 520 g/mol. The van der Waals surface area contributed by atoms with Gasteiger partial charge >= 0.3 is 6.09 Å². The number of fused-ring (bicyclic) bond motifs is 1. The quantitative estimate of drug-likeness (QED) is 0.479. The molecule has 1 N–H and O–H groups in total. The first kappa shape index (κ1) is 25.5. The van der Waals surface area contributed by atoms with Crippen LogP contribution in [0.15, 0.2) is 42.7 Å². The Morgan fingerprint density at radius 2 is 2.03 bits per heavy atom. The number of rotatable bonds is 7. The summed E-state index contributed by atoms with van der Waals surface area (Å²) in [5.41, 5.74) is 0.929. The molecule has 1 aliphatic heterocycles. The van der Waals surface area contributed by atoms with Crippen LogP contribution in [0.2, 0.25) is 5.02 Å². The van der Waals surface area contributed by atoms with E-state index >= 15 is 0 Å². The summed E-state index contributed by atoms with van der Waals surface area (Å²) >= 11 is 5.75. The largest absolute Gasteiger partial charge is 0.422 e. The number of nitrogens with zero attached hydrogens (tertiary/aromatic N) is 3. The number of halogens is 3. The second-order valence-electron chi connectivity index (χ2n) is 8.23. The number of Topliss-reactive ketones (excluding diaryl/α,β-unsaturated/α-hetero) is 1. The number of alkyl carbamates (subject to hydrolysis) is 1. The summed E-state index contributed by atoms with van der Waals surface area (Å²) in [6, 6.07) is 7.72. The Morgan fingerprint density at radius 1 is 1.25 bits per heavy atom. The van der Waals surface area contributed by atoms with Gasteiger partial charge in [-0.2, -0.15) is 0 Å². The van der Waals surface area contributed by atoms with Gasteiger partial charge in [-0.15, -0.1) is 0 Å². The van der Waals surface area contributed by atoms with Gasteiger partial charge in [-0.25, -0.2) is 18.6 Å². The molecule has 1 fully saturated rings. The summed E-state index contributed by atoms with van der Waals surface area (Å²) in [5, 5.41) is 2.85. The van der Waals surface area contributed by atoms with Crippen molar-refractivity contribution in [1.29, 1.82) is 0 Å². The zero-order valence-corrected chi connectivity index (χ0v) is 20.2. The van der Waals surface area contributed by atoms with Crippen molar-refractivity contribution in [3.8, 4) is 0 Å². The van der Waals surface area contributed by atoms with E-state index in [-0.39, 0.29) is 36.0 Å². The number of amides is 2. The molecule has 0 radical (unpaired) electrons. The van der Waals surface area contributed by atoms with Gasteiger partial charge in [0.1, 0.15) is 30.3 Å². The van der Waals surface area contributed by atoms with Crippen LogP contribution in [0, 0.1) is 5.82 Å². The van der Waals surface area contributed by atoms with Gasteiger partial charge in [0.15, 0.2) is 5.78 Å². The fraction of sp³-hybridized carbons (Fsp3) is 0.333. The number of aromatic nitrogens is 2. The SMILES string of the molecule is CO[C@@H]1[C@@H](F)CN(C(=O)Cn2cc(C(C)=O)c3cccnc32)[C@H]1OC(=O)NCc1cccc(Cl)c1F. The fourth-order valence-electron chi connectivity index (χ4n) is 4.15. The molecule has 0 unspecified atom stereocenters. The molecule has 12 heteroatoms. The van der Waals surface area contributed by atoms with E-state index in [1.807, 2.05) is 0 Å². The molecule has 4 rings (SSSR count). The minimum absolute atomic E-state index is 0.102. The van der Waals surface area contributed by atoms with Crippen molar-refractivity contribution in [2.24, 2.45) is 0 Å². The lowest BCUT2D eigenvalue weighted by Crippen LogP contribution is -2.46. The molecule has 2 aromatic heterocycles. The normalized spacial score (nSPS) is 19.5. The number of methoxy groups -OCH3 is 1. The predicted molar refractivity (Wildman–Crippen MR) is 126 cm³/mol. The van der Waals surface area contributed by atoms with Crippen LogP contribution in [0.4, 0.5) is 13.6 Å². The van der Waals surface area contributed by atoms with E-state index in [0.717, 1.165) is 4.90 Å². The number of pyridine rings is 1. The zero-order chi connectivity index (χ0) is 26.0. The zero-order valence-electron chi connectivity index (χ0n) is 19.4. The topological polar surface area (TPSA) is 103 Å². The van der Waals surface area contributed by atoms with E-state index in [1.165, 1.54) is 49.2 Å². The summed E-state index contributed by atoms with van der Waals surface area (Å²) in [4.78, 5) is 43.0. The number of nitrogens with one attached hydrogen (secondary N) is 1. The Morgan fingerprint density at radius 3 is 2.75 bits per heavy atom. The molecular formula is C24H23ClF2N4O5. The number of ether oxygens (including phenoxy) is 2. The highest BCUT2D eigenvalue weighted by molar-refractivity contribution is 6.30. The molecule has 3 heterocycles. The number of carbonyl (C=O) groups is 3. The van der Waals surface area contributed by atoms with Gasteiger partial charge in [-0.1, -0.05) is 23.7 Å². The van der Waals surface area contributed by atoms with E-state index in [4.69, 9.17) is 21.1 Å². The third kappa shape index (κ3) is 5.02. The molecule has 0 bridgehead atoms. The Hall–Kier alpha value is -3.57. The predicted octanol–water partition coefficient (Wildman–Crippen LogP) is 3.48. The van der Waals surface area contributed by atoms with Gasteiger partial charge in [-0.3, -0.25) is 9.59 Å². The highest BCUT2D eigenvalue weighted by Crippen LogP contribution is 2.27. The fourth-order valence-corrected chi connectivity index (χ4v) is 4.35. The smallest absolute Gasteiger partial charge is 0.409 e.